The summed E-state index contributed by atoms with van der Waals surface area (Å²) in [6.45, 7) is 6.42. The topological polar surface area (TPSA) is 203 Å². The van der Waals surface area contributed by atoms with Crippen LogP contribution in [0.3, 0.4) is 0 Å². The van der Waals surface area contributed by atoms with Gasteiger partial charge < -0.3 is 39.6 Å². The van der Waals surface area contributed by atoms with Crippen molar-refractivity contribution in [2.45, 2.75) is 38.5 Å². The molecule has 0 saturated heterocycles. The van der Waals surface area contributed by atoms with Gasteiger partial charge >= 0.3 is 36.2 Å². The van der Waals surface area contributed by atoms with Gasteiger partial charge in [-0.2, -0.15) is 4.89 Å². The van der Waals surface area contributed by atoms with Crippen LogP contribution in [-0.2, 0) is 47.8 Å². The Morgan fingerprint density at radius 3 is 1.59 bits per heavy atom. The van der Waals surface area contributed by atoms with Crippen LogP contribution in [0, 0.1) is 0 Å². The summed E-state index contributed by atoms with van der Waals surface area (Å²) in [5.74, 6) is -1.59. The summed E-state index contributed by atoms with van der Waals surface area (Å²) in [6.07, 6.45) is 3.79. The Labute approximate surface area is 237 Å². The molecule has 0 unspecified atom stereocenters. The molecule has 0 heterocycles. The summed E-state index contributed by atoms with van der Waals surface area (Å²) in [4.78, 5) is 76.8. The van der Waals surface area contributed by atoms with Crippen LogP contribution in [0.15, 0.2) is 25.3 Å². The van der Waals surface area contributed by atoms with Crippen LogP contribution in [0.4, 0.5) is 14.4 Å². The van der Waals surface area contributed by atoms with Gasteiger partial charge in [-0.3, -0.25) is 9.68 Å². The Morgan fingerprint density at radius 1 is 0.512 bits per heavy atom. The third-order valence-electron chi connectivity index (χ3n) is 4.51. The fraction of sp³-hybridized carbons (Fsp3) is 0.600. The van der Waals surface area contributed by atoms with E-state index >= 15 is 0 Å². The number of esters is 3. The quantitative estimate of drug-likeness (QED) is 0.0386. The third-order valence-corrected chi connectivity index (χ3v) is 4.51. The number of unbranched alkanes of at least 4 members (excludes halogenated alkanes) is 4. The van der Waals surface area contributed by atoms with Gasteiger partial charge in [0.05, 0.1) is 13.1 Å². The molecule has 0 aliphatic rings. The summed E-state index contributed by atoms with van der Waals surface area (Å²) >= 11 is 0. The average Bonchev–Trinajstić information content (AvgIpc) is 2.96. The van der Waals surface area contributed by atoms with E-state index in [-0.39, 0.29) is 59.2 Å². The first-order valence-electron chi connectivity index (χ1n) is 12.9. The van der Waals surface area contributed by atoms with Gasteiger partial charge in [0.25, 0.3) is 0 Å². The van der Waals surface area contributed by atoms with Crippen molar-refractivity contribution in [3.8, 4) is 0 Å². The molecule has 232 valence electrons. The van der Waals surface area contributed by atoms with Crippen molar-refractivity contribution < 1.29 is 62.2 Å². The standard InChI is InChI=1S/C25H39N3O13/c1-3-20(29)35-14-12-27-23(32)38-17-16-37-22(31)10-8-6-5-7-9-11-26-25(34)41-40-19-18-39-24(33)28-13-15-36-21(30)4-2/h3-4H,1-2,5-19H2,(H,26,34)(H,27,32)(H,28,33). The fourth-order valence-corrected chi connectivity index (χ4v) is 2.60. The predicted molar refractivity (Wildman–Crippen MR) is 140 cm³/mol. The van der Waals surface area contributed by atoms with Crippen LogP contribution >= 0.6 is 0 Å². The van der Waals surface area contributed by atoms with Crippen molar-refractivity contribution in [3.63, 3.8) is 0 Å². The van der Waals surface area contributed by atoms with E-state index in [1.54, 1.807) is 0 Å². The molecule has 0 aromatic carbocycles. The highest BCUT2D eigenvalue weighted by atomic mass is 17.2. The molecule has 16 nitrogen and oxygen atoms in total. The van der Waals surface area contributed by atoms with Crippen LogP contribution in [0.5, 0.6) is 0 Å². The maximum atomic E-state index is 11.7. The van der Waals surface area contributed by atoms with Gasteiger partial charge in [-0.25, -0.2) is 24.0 Å². The average molecular weight is 590 g/mol. The van der Waals surface area contributed by atoms with Gasteiger partial charge in [-0.05, 0) is 12.8 Å². The largest absolute Gasteiger partial charge is 0.462 e. The SMILES string of the molecule is C=CC(=O)OCCNC(=O)OCCOOC(=O)NCCCCCCCC(=O)OCCOC(=O)NCCOC(=O)C=C. The molecule has 3 N–H and O–H groups in total. The van der Waals surface area contributed by atoms with Gasteiger partial charge in [-0.15, -0.1) is 0 Å². The van der Waals surface area contributed by atoms with Crippen LogP contribution in [0.1, 0.15) is 38.5 Å². The first-order chi connectivity index (χ1) is 19.8. The van der Waals surface area contributed by atoms with Gasteiger partial charge in [0, 0.05) is 25.1 Å². The van der Waals surface area contributed by atoms with Crippen molar-refractivity contribution in [1.29, 1.82) is 0 Å². The van der Waals surface area contributed by atoms with Gasteiger partial charge in [0.15, 0.2) is 0 Å². The molecular weight excluding hydrogens is 550 g/mol. The monoisotopic (exact) mass is 589 g/mol. The molecule has 0 atom stereocenters. The maximum absolute atomic E-state index is 11.7. The van der Waals surface area contributed by atoms with Gasteiger partial charge in [0.2, 0.25) is 0 Å². The Kier molecular flexibility index (Phi) is 23.2. The number of nitrogens with one attached hydrogen (secondary N) is 3. The number of amides is 3. The zero-order valence-electron chi connectivity index (χ0n) is 23.0. The number of ether oxygens (including phenoxy) is 5. The van der Waals surface area contributed by atoms with E-state index in [1.807, 2.05) is 0 Å². The zero-order chi connectivity index (χ0) is 30.6. The lowest BCUT2D eigenvalue weighted by Gasteiger charge is -2.08. The summed E-state index contributed by atoms with van der Waals surface area (Å²) in [5.41, 5.74) is 0. The Hall–Kier alpha value is -4.34. The first kappa shape index (κ1) is 36.7. The van der Waals surface area contributed by atoms with E-state index in [4.69, 9.17) is 14.2 Å². The second kappa shape index (κ2) is 25.9. The normalized spacial score (nSPS) is 9.85. The maximum Gasteiger partial charge on any atom is 0.438 e. The summed E-state index contributed by atoms with van der Waals surface area (Å²) in [6, 6.07) is 0. The van der Waals surface area contributed by atoms with Crippen LogP contribution in [0.25, 0.3) is 0 Å². The second-order valence-electron chi connectivity index (χ2n) is 7.73. The number of rotatable bonds is 23. The fourth-order valence-electron chi connectivity index (χ4n) is 2.60. The van der Waals surface area contributed by atoms with Crippen molar-refractivity contribution in [1.82, 2.24) is 16.0 Å². The molecule has 0 saturated carbocycles. The molecule has 0 bridgehead atoms. The molecule has 3 amide bonds. The number of carbonyl (C=O) groups is 6. The zero-order valence-corrected chi connectivity index (χ0v) is 23.0. The number of alkyl carbamates (subject to hydrolysis) is 2. The molecule has 0 aromatic rings. The second-order valence-corrected chi connectivity index (χ2v) is 7.73. The highest BCUT2D eigenvalue weighted by molar-refractivity contribution is 5.81. The van der Waals surface area contributed by atoms with Crippen molar-refractivity contribution >= 4 is 36.2 Å². The molecule has 0 spiro atoms. The molecule has 41 heavy (non-hydrogen) atoms. The Morgan fingerprint density at radius 2 is 1.00 bits per heavy atom. The summed E-state index contributed by atoms with van der Waals surface area (Å²) in [7, 11) is 0. The predicted octanol–water partition coefficient (Wildman–Crippen LogP) is 1.44. The smallest absolute Gasteiger partial charge is 0.438 e. The van der Waals surface area contributed by atoms with E-state index in [9.17, 15) is 28.8 Å². The lowest BCUT2D eigenvalue weighted by molar-refractivity contribution is -0.242. The van der Waals surface area contributed by atoms with E-state index in [0.717, 1.165) is 31.4 Å². The van der Waals surface area contributed by atoms with Crippen molar-refractivity contribution in [2.24, 2.45) is 0 Å². The molecule has 0 rings (SSSR count). The van der Waals surface area contributed by atoms with Crippen molar-refractivity contribution in [3.05, 3.63) is 25.3 Å². The molecule has 0 radical (unpaired) electrons. The minimum absolute atomic E-state index is 0.0186. The van der Waals surface area contributed by atoms with E-state index < -0.39 is 36.2 Å². The highest BCUT2D eigenvalue weighted by Crippen LogP contribution is 2.06. The molecule has 16 heteroatoms. The lowest BCUT2D eigenvalue weighted by atomic mass is 10.1. The number of hydrogen-bond donors (Lipinski definition) is 3. The van der Waals surface area contributed by atoms with Crippen molar-refractivity contribution in [2.75, 3.05) is 59.3 Å². The molecular formula is C25H39N3O13. The minimum Gasteiger partial charge on any atom is -0.462 e. The lowest BCUT2D eigenvalue weighted by Crippen LogP contribution is -2.30. The van der Waals surface area contributed by atoms with Crippen LogP contribution in [0.2, 0.25) is 0 Å². The van der Waals surface area contributed by atoms with E-state index in [1.165, 1.54) is 0 Å². The molecule has 0 aliphatic heterocycles. The number of hydrogen-bond acceptors (Lipinski definition) is 13. The van der Waals surface area contributed by atoms with Crippen LogP contribution < -0.4 is 16.0 Å². The minimum atomic E-state index is -0.781. The Balaban J connectivity index is 3.47. The molecule has 0 fully saturated rings. The number of carbonyl (C=O) groups excluding carboxylic acids is 6. The van der Waals surface area contributed by atoms with E-state index in [2.05, 4.69) is 48.4 Å². The summed E-state index contributed by atoms with van der Waals surface area (Å²) in [5, 5.41) is 7.22. The third kappa shape index (κ3) is 25.7. The van der Waals surface area contributed by atoms with E-state index in [0.29, 0.717) is 19.4 Å². The molecule has 0 aromatic heterocycles. The molecule has 0 aliphatic carbocycles. The summed E-state index contributed by atoms with van der Waals surface area (Å²) < 4.78 is 23.9. The van der Waals surface area contributed by atoms with Crippen LogP contribution in [-0.4, -0.2) is 95.5 Å². The van der Waals surface area contributed by atoms with Gasteiger partial charge in [0.1, 0.15) is 39.6 Å². The Bertz CT molecular complexity index is 836. The highest BCUT2D eigenvalue weighted by Gasteiger charge is 2.07. The first-order valence-corrected chi connectivity index (χ1v) is 12.9. The van der Waals surface area contributed by atoms with Gasteiger partial charge in [-0.1, -0.05) is 32.4 Å².